The molecule has 1 saturated heterocycles. The Kier molecular flexibility index (Phi) is 6.64. The topological polar surface area (TPSA) is 88.5 Å². The molecule has 0 saturated carbocycles. The van der Waals surface area contributed by atoms with Gasteiger partial charge in [0, 0.05) is 52.0 Å². The Balaban J connectivity index is 1.52. The number of carbonyl (C=O) groups excluding carboxylic acids is 2. The van der Waals surface area contributed by atoms with Crippen LogP contribution in [0.3, 0.4) is 0 Å². The quantitative estimate of drug-likeness (QED) is 0.688. The van der Waals surface area contributed by atoms with E-state index in [2.05, 4.69) is 15.6 Å². The minimum atomic E-state index is -0.186. The molecule has 1 aliphatic rings. The fourth-order valence-corrected chi connectivity index (χ4v) is 3.25. The number of aromatic nitrogens is 2. The number of likely N-dealkylation sites (tertiary alicyclic amines) is 1. The summed E-state index contributed by atoms with van der Waals surface area (Å²) in [6.07, 6.45) is 4.69. The molecule has 8 nitrogen and oxygen atoms in total. The van der Waals surface area contributed by atoms with E-state index in [9.17, 15) is 9.59 Å². The molecule has 3 amide bonds. The van der Waals surface area contributed by atoms with Crippen LogP contribution in [-0.2, 0) is 11.3 Å². The second kappa shape index (κ2) is 9.36. The van der Waals surface area contributed by atoms with Gasteiger partial charge in [0.05, 0.1) is 17.4 Å². The number of methoxy groups -OCH3 is 1. The summed E-state index contributed by atoms with van der Waals surface area (Å²) in [5.74, 6) is 0.0794. The van der Waals surface area contributed by atoms with Gasteiger partial charge >= 0.3 is 6.03 Å². The molecule has 1 aromatic carbocycles. The van der Waals surface area contributed by atoms with Crippen LogP contribution in [0.4, 0.5) is 4.79 Å². The van der Waals surface area contributed by atoms with Gasteiger partial charge in [-0.3, -0.25) is 4.79 Å². The number of hydrogen-bond acceptors (Lipinski definition) is 4. The minimum Gasteiger partial charge on any atom is -0.385 e. The Morgan fingerprint density at radius 2 is 1.96 bits per heavy atom. The molecule has 27 heavy (non-hydrogen) atoms. The lowest BCUT2D eigenvalue weighted by molar-refractivity contribution is 0.0793. The van der Waals surface area contributed by atoms with Gasteiger partial charge in [0.1, 0.15) is 0 Å². The van der Waals surface area contributed by atoms with Crippen LogP contribution >= 0.6 is 0 Å². The van der Waals surface area contributed by atoms with E-state index < -0.39 is 0 Å². The number of ether oxygens (including phenoxy) is 1. The van der Waals surface area contributed by atoms with E-state index >= 15 is 0 Å². The molecule has 146 valence electrons. The lowest BCUT2D eigenvalue weighted by atomic mass is 10.1. The lowest BCUT2D eigenvalue weighted by Crippen LogP contribution is -2.37. The third-order valence-electron chi connectivity index (χ3n) is 4.71. The number of imidazole rings is 1. The van der Waals surface area contributed by atoms with Crippen LogP contribution in [0.5, 0.6) is 0 Å². The highest BCUT2D eigenvalue weighted by Gasteiger charge is 2.20. The molecular weight excluding hydrogens is 346 g/mol. The summed E-state index contributed by atoms with van der Waals surface area (Å²) in [5.41, 5.74) is 2.43. The van der Waals surface area contributed by atoms with Crippen LogP contribution in [0.15, 0.2) is 24.5 Å². The molecule has 1 aliphatic heterocycles. The van der Waals surface area contributed by atoms with Crippen molar-refractivity contribution in [2.75, 3.05) is 39.9 Å². The van der Waals surface area contributed by atoms with E-state index in [1.807, 2.05) is 27.7 Å². The number of carbonyl (C=O) groups is 2. The standard InChI is InChI=1S/C19H27N5O3/c1-27-12-4-7-20-19(26)21-8-11-24-14-22-16-13-15(5-6-17(16)24)18(25)23-9-2-3-10-23/h5-6,13-14H,2-4,7-12H2,1H3,(H2,20,21,26). The number of benzene rings is 1. The van der Waals surface area contributed by atoms with Crippen molar-refractivity contribution in [3.05, 3.63) is 30.1 Å². The van der Waals surface area contributed by atoms with Crippen LogP contribution in [0.1, 0.15) is 29.6 Å². The summed E-state index contributed by atoms with van der Waals surface area (Å²) in [7, 11) is 1.64. The molecular formula is C19H27N5O3. The van der Waals surface area contributed by atoms with Crippen molar-refractivity contribution in [3.63, 3.8) is 0 Å². The molecule has 2 N–H and O–H groups in total. The fraction of sp³-hybridized carbons (Fsp3) is 0.526. The maximum Gasteiger partial charge on any atom is 0.314 e. The van der Waals surface area contributed by atoms with Gasteiger partial charge in [0.25, 0.3) is 5.91 Å². The van der Waals surface area contributed by atoms with Crippen LogP contribution < -0.4 is 10.6 Å². The molecule has 3 rings (SSSR count). The molecule has 0 bridgehead atoms. The zero-order chi connectivity index (χ0) is 19.1. The molecule has 0 unspecified atom stereocenters. The highest BCUT2D eigenvalue weighted by Crippen LogP contribution is 2.18. The first-order valence-electron chi connectivity index (χ1n) is 9.44. The molecule has 0 radical (unpaired) electrons. The molecule has 1 fully saturated rings. The van der Waals surface area contributed by atoms with Crippen molar-refractivity contribution in [1.82, 2.24) is 25.1 Å². The molecule has 2 aromatic rings. The summed E-state index contributed by atoms with van der Waals surface area (Å²) in [5, 5.41) is 5.61. The molecule has 0 atom stereocenters. The number of fused-ring (bicyclic) bond motifs is 1. The minimum absolute atomic E-state index is 0.0794. The van der Waals surface area contributed by atoms with Gasteiger partial charge in [-0.05, 0) is 37.5 Å². The number of nitrogens with one attached hydrogen (secondary N) is 2. The van der Waals surface area contributed by atoms with Crippen molar-refractivity contribution in [2.45, 2.75) is 25.8 Å². The number of rotatable bonds is 8. The normalized spacial score (nSPS) is 13.9. The van der Waals surface area contributed by atoms with Crippen LogP contribution in [0.2, 0.25) is 0 Å². The average molecular weight is 373 g/mol. The number of hydrogen-bond donors (Lipinski definition) is 2. The second-order valence-corrected chi connectivity index (χ2v) is 6.67. The Morgan fingerprint density at radius 3 is 2.74 bits per heavy atom. The number of nitrogens with zero attached hydrogens (tertiary/aromatic N) is 3. The zero-order valence-corrected chi connectivity index (χ0v) is 15.7. The maximum absolute atomic E-state index is 12.5. The maximum atomic E-state index is 12.5. The predicted octanol–water partition coefficient (Wildman–Crippen LogP) is 1.61. The van der Waals surface area contributed by atoms with E-state index in [4.69, 9.17) is 4.74 Å². The summed E-state index contributed by atoms with van der Waals surface area (Å²) >= 11 is 0. The molecule has 8 heteroatoms. The van der Waals surface area contributed by atoms with Gasteiger partial charge in [-0.1, -0.05) is 0 Å². The zero-order valence-electron chi connectivity index (χ0n) is 15.7. The van der Waals surface area contributed by atoms with E-state index in [0.29, 0.717) is 31.8 Å². The molecule has 0 aliphatic carbocycles. The van der Waals surface area contributed by atoms with Crippen molar-refractivity contribution in [1.29, 1.82) is 0 Å². The van der Waals surface area contributed by atoms with Gasteiger partial charge in [-0.15, -0.1) is 0 Å². The summed E-state index contributed by atoms with van der Waals surface area (Å²) in [4.78, 5) is 30.5. The van der Waals surface area contributed by atoms with E-state index in [-0.39, 0.29) is 11.9 Å². The van der Waals surface area contributed by atoms with Crippen molar-refractivity contribution < 1.29 is 14.3 Å². The molecule has 1 aromatic heterocycles. The number of urea groups is 1. The summed E-state index contributed by atoms with van der Waals surface area (Å²) in [6, 6.07) is 5.45. The molecule has 2 heterocycles. The van der Waals surface area contributed by atoms with E-state index in [0.717, 1.165) is 43.4 Å². The van der Waals surface area contributed by atoms with Crippen LogP contribution in [-0.4, -0.2) is 66.3 Å². The first kappa shape index (κ1) is 19.2. The Hall–Kier alpha value is -2.61. The highest BCUT2D eigenvalue weighted by atomic mass is 16.5. The van der Waals surface area contributed by atoms with Crippen molar-refractivity contribution >= 4 is 23.0 Å². The average Bonchev–Trinajstić information content (AvgIpc) is 3.34. The summed E-state index contributed by atoms with van der Waals surface area (Å²) in [6.45, 7) is 4.00. The van der Waals surface area contributed by atoms with Gasteiger partial charge in [0.15, 0.2) is 0 Å². The Morgan fingerprint density at radius 1 is 1.19 bits per heavy atom. The van der Waals surface area contributed by atoms with Gasteiger partial charge in [-0.2, -0.15) is 0 Å². The third-order valence-corrected chi connectivity index (χ3v) is 4.71. The van der Waals surface area contributed by atoms with Crippen molar-refractivity contribution in [3.8, 4) is 0 Å². The van der Waals surface area contributed by atoms with Gasteiger partial charge in [-0.25, -0.2) is 9.78 Å². The first-order chi connectivity index (χ1) is 13.2. The van der Waals surface area contributed by atoms with Gasteiger partial charge in [0.2, 0.25) is 0 Å². The van der Waals surface area contributed by atoms with Gasteiger partial charge < -0.3 is 24.8 Å². The van der Waals surface area contributed by atoms with E-state index in [1.54, 1.807) is 13.4 Å². The van der Waals surface area contributed by atoms with Crippen LogP contribution in [0.25, 0.3) is 11.0 Å². The first-order valence-corrected chi connectivity index (χ1v) is 9.44. The second-order valence-electron chi connectivity index (χ2n) is 6.67. The Bertz CT molecular complexity index is 783. The Labute approximate surface area is 158 Å². The largest absolute Gasteiger partial charge is 0.385 e. The monoisotopic (exact) mass is 373 g/mol. The summed E-state index contributed by atoms with van der Waals surface area (Å²) < 4.78 is 6.92. The fourth-order valence-electron chi connectivity index (χ4n) is 3.25. The lowest BCUT2D eigenvalue weighted by Gasteiger charge is -2.15. The predicted molar refractivity (Wildman–Crippen MR) is 103 cm³/mol. The number of amides is 3. The molecule has 0 spiro atoms. The van der Waals surface area contributed by atoms with Crippen molar-refractivity contribution in [2.24, 2.45) is 0 Å². The third kappa shape index (κ3) is 4.97. The van der Waals surface area contributed by atoms with Crippen LogP contribution in [0, 0.1) is 0 Å². The smallest absolute Gasteiger partial charge is 0.314 e. The SMILES string of the molecule is COCCCNC(=O)NCCn1cnc2cc(C(=O)N3CCCC3)ccc21. The highest BCUT2D eigenvalue weighted by molar-refractivity contribution is 5.97. The van der Waals surface area contributed by atoms with E-state index in [1.165, 1.54) is 0 Å².